The number of carbonyl (C=O) groups is 1. The number of rotatable bonds is 4. The number of aromatic nitrogens is 3. The van der Waals surface area contributed by atoms with Crippen LogP contribution in [0.3, 0.4) is 0 Å². The van der Waals surface area contributed by atoms with Gasteiger partial charge in [0.2, 0.25) is 0 Å². The number of hydrogen-bond donors (Lipinski definition) is 2. The van der Waals surface area contributed by atoms with Crippen LogP contribution in [-0.4, -0.2) is 26.3 Å². The average molecular weight is 274 g/mol. The summed E-state index contributed by atoms with van der Waals surface area (Å²) in [6.45, 7) is 1.66. The fraction of sp³-hybridized carbons (Fsp3) is 0.385. The lowest BCUT2D eigenvalue weighted by molar-refractivity contribution is 0.190. The number of hydrogen-bond acceptors (Lipinski definition) is 5. The van der Waals surface area contributed by atoms with E-state index in [0.717, 1.165) is 11.3 Å². The van der Waals surface area contributed by atoms with Crippen LogP contribution in [0.4, 0.5) is 4.79 Å². The van der Waals surface area contributed by atoms with Crippen LogP contribution >= 0.6 is 0 Å². The lowest BCUT2D eigenvalue weighted by atomic mass is 10.2. The first-order valence-corrected chi connectivity index (χ1v) is 6.43. The van der Waals surface area contributed by atoms with Crippen molar-refractivity contribution in [3.05, 3.63) is 29.8 Å². The van der Waals surface area contributed by atoms with E-state index >= 15 is 0 Å². The number of amides is 1. The quantitative estimate of drug-likeness (QED) is 0.887. The third-order valence-electron chi connectivity index (χ3n) is 3.19. The second-order valence-corrected chi connectivity index (χ2v) is 4.87. The number of carboxylic acid groups (broad SMARTS) is 1. The van der Waals surface area contributed by atoms with Gasteiger partial charge in [-0.3, -0.25) is 4.98 Å². The van der Waals surface area contributed by atoms with Gasteiger partial charge in [-0.2, -0.15) is 4.98 Å². The van der Waals surface area contributed by atoms with E-state index in [1.165, 1.54) is 12.8 Å². The van der Waals surface area contributed by atoms with Gasteiger partial charge in [-0.25, -0.2) is 4.79 Å². The van der Waals surface area contributed by atoms with Crippen molar-refractivity contribution in [2.75, 3.05) is 0 Å². The van der Waals surface area contributed by atoms with Gasteiger partial charge in [0.05, 0.1) is 6.04 Å². The molecule has 3 rings (SSSR count). The smallest absolute Gasteiger partial charge is 0.405 e. The third kappa shape index (κ3) is 2.61. The Morgan fingerprint density at radius 3 is 3.05 bits per heavy atom. The van der Waals surface area contributed by atoms with E-state index in [0.29, 0.717) is 17.6 Å². The molecule has 104 valence electrons. The highest BCUT2D eigenvalue weighted by Gasteiger charge is 2.25. The van der Waals surface area contributed by atoms with Crippen LogP contribution < -0.4 is 5.32 Å². The Morgan fingerprint density at radius 1 is 1.55 bits per heavy atom. The summed E-state index contributed by atoms with van der Waals surface area (Å²) in [5.41, 5.74) is 1.85. The van der Waals surface area contributed by atoms with Crippen LogP contribution in [0.5, 0.6) is 0 Å². The van der Waals surface area contributed by atoms with Gasteiger partial charge in [-0.05, 0) is 31.9 Å². The maximum absolute atomic E-state index is 10.6. The molecule has 2 aromatic rings. The molecule has 0 unspecified atom stereocenters. The molecule has 7 nitrogen and oxygen atoms in total. The SMILES string of the molecule is C[C@H](NC(=O)O)c1noc(-c2ccnc(C3CC3)c2)n1. The molecule has 1 atom stereocenters. The van der Waals surface area contributed by atoms with E-state index in [2.05, 4.69) is 20.4 Å². The van der Waals surface area contributed by atoms with Gasteiger partial charge in [-0.1, -0.05) is 5.16 Å². The molecule has 2 heterocycles. The van der Waals surface area contributed by atoms with Gasteiger partial charge in [-0.15, -0.1) is 0 Å². The molecule has 0 aliphatic heterocycles. The highest BCUT2D eigenvalue weighted by molar-refractivity contribution is 5.65. The number of pyridine rings is 1. The molecular weight excluding hydrogens is 260 g/mol. The summed E-state index contributed by atoms with van der Waals surface area (Å²) in [6, 6.07) is 3.23. The highest BCUT2D eigenvalue weighted by atomic mass is 16.5. The van der Waals surface area contributed by atoms with Gasteiger partial charge in [0.25, 0.3) is 5.89 Å². The molecule has 2 aromatic heterocycles. The summed E-state index contributed by atoms with van der Waals surface area (Å²) in [4.78, 5) is 19.1. The van der Waals surface area contributed by atoms with Crippen LogP contribution in [-0.2, 0) is 0 Å². The lowest BCUT2D eigenvalue weighted by Crippen LogP contribution is -2.25. The van der Waals surface area contributed by atoms with Crippen molar-refractivity contribution in [1.82, 2.24) is 20.4 Å². The summed E-state index contributed by atoms with van der Waals surface area (Å²) in [5.74, 6) is 1.24. The van der Waals surface area contributed by atoms with Gasteiger partial charge in [0.15, 0.2) is 5.82 Å². The zero-order valence-electron chi connectivity index (χ0n) is 10.9. The van der Waals surface area contributed by atoms with Gasteiger partial charge >= 0.3 is 6.09 Å². The average Bonchev–Trinajstić information content (AvgIpc) is 3.15. The summed E-state index contributed by atoms with van der Waals surface area (Å²) in [6.07, 6.45) is 2.95. The molecule has 0 spiro atoms. The summed E-state index contributed by atoms with van der Waals surface area (Å²) in [5, 5.41) is 14.8. The fourth-order valence-corrected chi connectivity index (χ4v) is 1.96. The molecule has 0 radical (unpaired) electrons. The van der Waals surface area contributed by atoms with Crippen molar-refractivity contribution in [3.63, 3.8) is 0 Å². The molecular formula is C13H14N4O3. The van der Waals surface area contributed by atoms with Gasteiger partial charge < -0.3 is 14.9 Å². The minimum absolute atomic E-state index is 0.312. The third-order valence-corrected chi connectivity index (χ3v) is 3.19. The second-order valence-electron chi connectivity index (χ2n) is 4.87. The Morgan fingerprint density at radius 2 is 2.35 bits per heavy atom. The second kappa shape index (κ2) is 4.92. The number of nitrogens with zero attached hydrogens (tertiary/aromatic N) is 3. The fourth-order valence-electron chi connectivity index (χ4n) is 1.96. The maximum atomic E-state index is 10.6. The first-order valence-electron chi connectivity index (χ1n) is 6.43. The van der Waals surface area contributed by atoms with Crippen molar-refractivity contribution in [2.24, 2.45) is 0 Å². The summed E-state index contributed by atoms with van der Waals surface area (Å²) < 4.78 is 5.19. The first kappa shape index (κ1) is 12.6. The maximum Gasteiger partial charge on any atom is 0.405 e. The molecule has 1 aliphatic carbocycles. The van der Waals surface area contributed by atoms with Crippen molar-refractivity contribution in [2.45, 2.75) is 31.7 Å². The largest absolute Gasteiger partial charge is 0.465 e. The molecule has 0 saturated heterocycles. The molecule has 7 heteroatoms. The van der Waals surface area contributed by atoms with E-state index in [1.54, 1.807) is 19.2 Å². The molecule has 0 bridgehead atoms. The molecule has 20 heavy (non-hydrogen) atoms. The molecule has 1 saturated carbocycles. The summed E-state index contributed by atoms with van der Waals surface area (Å²) in [7, 11) is 0. The zero-order valence-corrected chi connectivity index (χ0v) is 10.9. The van der Waals surface area contributed by atoms with Crippen LogP contribution in [0.25, 0.3) is 11.5 Å². The molecule has 1 fully saturated rings. The van der Waals surface area contributed by atoms with Gasteiger partial charge in [0, 0.05) is 23.4 Å². The summed E-state index contributed by atoms with van der Waals surface area (Å²) >= 11 is 0. The molecule has 2 N–H and O–H groups in total. The van der Waals surface area contributed by atoms with Crippen molar-refractivity contribution >= 4 is 6.09 Å². The number of nitrogens with one attached hydrogen (secondary N) is 1. The van der Waals surface area contributed by atoms with E-state index in [9.17, 15) is 4.79 Å². The van der Waals surface area contributed by atoms with E-state index < -0.39 is 12.1 Å². The van der Waals surface area contributed by atoms with E-state index in [1.807, 2.05) is 6.07 Å². The monoisotopic (exact) mass is 274 g/mol. The first-order chi connectivity index (χ1) is 9.63. The standard InChI is InChI=1S/C13H14N4O3/c1-7(15-13(18)19)11-16-12(20-17-11)9-4-5-14-10(6-9)8-2-3-8/h4-8,15H,2-3H2,1H3,(H,18,19)/t7-/m0/s1. The zero-order chi connectivity index (χ0) is 14.1. The Hall–Kier alpha value is -2.44. The van der Waals surface area contributed by atoms with Gasteiger partial charge in [0.1, 0.15) is 0 Å². The molecule has 0 aromatic carbocycles. The predicted molar refractivity (Wildman–Crippen MR) is 69.1 cm³/mol. The lowest BCUT2D eigenvalue weighted by Gasteiger charge is -2.04. The highest BCUT2D eigenvalue weighted by Crippen LogP contribution is 2.39. The Labute approximate surface area is 115 Å². The van der Waals surface area contributed by atoms with Crippen molar-refractivity contribution < 1.29 is 14.4 Å². The molecule has 1 aliphatic rings. The Kier molecular flexibility index (Phi) is 3.09. The molecule has 1 amide bonds. The predicted octanol–water partition coefficient (Wildman–Crippen LogP) is 2.34. The van der Waals surface area contributed by atoms with Crippen LogP contribution in [0.1, 0.15) is 43.2 Å². The Balaban J connectivity index is 1.82. The van der Waals surface area contributed by atoms with E-state index in [-0.39, 0.29) is 0 Å². The minimum atomic E-state index is -1.12. The van der Waals surface area contributed by atoms with E-state index in [4.69, 9.17) is 9.63 Å². The van der Waals surface area contributed by atoms with Crippen molar-refractivity contribution in [3.8, 4) is 11.5 Å². The van der Waals surface area contributed by atoms with Crippen LogP contribution in [0.15, 0.2) is 22.9 Å². The van der Waals surface area contributed by atoms with Crippen LogP contribution in [0.2, 0.25) is 0 Å². The van der Waals surface area contributed by atoms with Crippen molar-refractivity contribution in [1.29, 1.82) is 0 Å². The minimum Gasteiger partial charge on any atom is -0.465 e. The van der Waals surface area contributed by atoms with Crippen LogP contribution in [0, 0.1) is 0 Å². The Bertz CT molecular complexity index is 636. The topological polar surface area (TPSA) is 101 Å². The normalized spacial score (nSPS) is 15.8.